The number of thiocarbonyl (C=S) groups is 1. The van der Waals surface area contributed by atoms with Gasteiger partial charge in [0.25, 0.3) is 5.91 Å². The van der Waals surface area contributed by atoms with Crippen molar-refractivity contribution < 1.29 is 9.53 Å². The van der Waals surface area contributed by atoms with Gasteiger partial charge in [-0.3, -0.25) is 4.79 Å². The second-order valence-electron chi connectivity index (χ2n) is 4.73. The van der Waals surface area contributed by atoms with Gasteiger partial charge in [0.15, 0.2) is 6.61 Å². The molecule has 19 heavy (non-hydrogen) atoms. The maximum Gasteiger partial charge on any atom is 0.260 e. The molecule has 0 saturated carbocycles. The van der Waals surface area contributed by atoms with Crippen LogP contribution < -0.4 is 10.5 Å². The molecule has 1 aliphatic heterocycles. The van der Waals surface area contributed by atoms with E-state index in [0.29, 0.717) is 17.4 Å². The largest absolute Gasteiger partial charge is 0.483 e. The first kappa shape index (κ1) is 13.8. The second-order valence-corrected chi connectivity index (χ2v) is 5.17. The Morgan fingerprint density at radius 1 is 1.53 bits per heavy atom. The van der Waals surface area contributed by atoms with Crippen LogP contribution in [-0.4, -0.2) is 35.0 Å². The van der Waals surface area contributed by atoms with Gasteiger partial charge in [-0.15, -0.1) is 0 Å². The third-order valence-corrected chi connectivity index (χ3v) is 3.60. The fourth-order valence-corrected chi connectivity index (χ4v) is 2.49. The van der Waals surface area contributed by atoms with Crippen LogP contribution in [-0.2, 0) is 4.79 Å². The van der Waals surface area contributed by atoms with Crippen molar-refractivity contribution in [3.63, 3.8) is 0 Å². The van der Waals surface area contributed by atoms with Crippen LogP contribution in [0.5, 0.6) is 5.75 Å². The highest BCUT2D eigenvalue weighted by molar-refractivity contribution is 7.80. The number of nitrogens with two attached hydrogens (primary N) is 1. The molecule has 1 heterocycles. The second kappa shape index (κ2) is 6.02. The number of rotatable bonds is 4. The molecule has 102 valence electrons. The smallest absolute Gasteiger partial charge is 0.260 e. The van der Waals surface area contributed by atoms with Crippen LogP contribution in [0.1, 0.15) is 25.3 Å². The van der Waals surface area contributed by atoms with Crippen molar-refractivity contribution in [1.29, 1.82) is 0 Å². The lowest BCUT2D eigenvalue weighted by Crippen LogP contribution is -2.37. The minimum Gasteiger partial charge on any atom is -0.483 e. The molecule has 1 aliphatic rings. The zero-order chi connectivity index (χ0) is 13.8. The third kappa shape index (κ3) is 3.23. The summed E-state index contributed by atoms with van der Waals surface area (Å²) in [6, 6.07) is 7.55. The van der Waals surface area contributed by atoms with Crippen LogP contribution in [0.2, 0.25) is 0 Å². The minimum atomic E-state index is 0.0164. The SMILES string of the molecule is CC1CCCN1C(=O)COc1ccccc1C(N)=S. The van der Waals surface area contributed by atoms with Gasteiger partial charge in [0.2, 0.25) is 0 Å². The highest BCUT2D eigenvalue weighted by Gasteiger charge is 2.25. The Balaban J connectivity index is 1.99. The molecule has 0 aromatic heterocycles. The molecule has 1 aromatic rings. The number of carbonyl (C=O) groups excluding carboxylic acids is 1. The quantitative estimate of drug-likeness (QED) is 0.852. The Labute approximate surface area is 118 Å². The van der Waals surface area contributed by atoms with E-state index in [1.807, 2.05) is 17.0 Å². The van der Waals surface area contributed by atoms with Gasteiger partial charge in [0, 0.05) is 12.6 Å². The molecule has 1 fully saturated rings. The number of hydrogen-bond acceptors (Lipinski definition) is 3. The van der Waals surface area contributed by atoms with Crippen LogP contribution in [0, 0.1) is 0 Å². The average Bonchev–Trinajstić information content (AvgIpc) is 2.82. The summed E-state index contributed by atoms with van der Waals surface area (Å²) < 4.78 is 5.56. The van der Waals surface area contributed by atoms with Crippen molar-refractivity contribution in [2.24, 2.45) is 5.73 Å². The molecule has 1 amide bonds. The van der Waals surface area contributed by atoms with Crippen LogP contribution >= 0.6 is 12.2 Å². The number of likely N-dealkylation sites (tertiary alicyclic amines) is 1. The molecular formula is C14H18N2O2S. The van der Waals surface area contributed by atoms with E-state index in [1.165, 1.54) is 0 Å². The molecule has 0 radical (unpaired) electrons. The van der Waals surface area contributed by atoms with E-state index in [9.17, 15) is 4.79 Å². The van der Waals surface area contributed by atoms with Crippen molar-refractivity contribution in [1.82, 2.24) is 4.90 Å². The molecule has 0 aliphatic carbocycles. The molecule has 1 aromatic carbocycles. The Morgan fingerprint density at radius 2 is 2.26 bits per heavy atom. The van der Waals surface area contributed by atoms with Crippen LogP contribution in [0.15, 0.2) is 24.3 Å². The number of carbonyl (C=O) groups is 1. The Morgan fingerprint density at radius 3 is 2.89 bits per heavy atom. The van der Waals surface area contributed by atoms with Crippen molar-refractivity contribution in [3.8, 4) is 5.75 Å². The fourth-order valence-electron chi connectivity index (χ4n) is 2.32. The molecule has 5 heteroatoms. The van der Waals surface area contributed by atoms with Crippen molar-refractivity contribution >= 4 is 23.1 Å². The van der Waals surface area contributed by atoms with Gasteiger partial charge >= 0.3 is 0 Å². The summed E-state index contributed by atoms with van der Waals surface area (Å²) in [4.78, 5) is 14.2. The van der Waals surface area contributed by atoms with E-state index in [4.69, 9.17) is 22.7 Å². The van der Waals surface area contributed by atoms with Crippen molar-refractivity contribution in [2.45, 2.75) is 25.8 Å². The van der Waals surface area contributed by atoms with E-state index in [2.05, 4.69) is 6.92 Å². The number of para-hydroxylation sites is 1. The zero-order valence-electron chi connectivity index (χ0n) is 11.0. The molecular weight excluding hydrogens is 260 g/mol. The van der Waals surface area contributed by atoms with Gasteiger partial charge in [-0.25, -0.2) is 0 Å². The lowest BCUT2D eigenvalue weighted by molar-refractivity contribution is -0.133. The summed E-state index contributed by atoms with van der Waals surface area (Å²) in [7, 11) is 0. The summed E-state index contributed by atoms with van der Waals surface area (Å²) in [6.07, 6.45) is 2.13. The molecule has 2 N–H and O–H groups in total. The van der Waals surface area contributed by atoms with Gasteiger partial charge in [-0.2, -0.15) is 0 Å². The Bertz CT molecular complexity index is 490. The normalized spacial score (nSPS) is 18.4. The number of hydrogen-bond donors (Lipinski definition) is 1. The van der Waals surface area contributed by atoms with Gasteiger partial charge in [-0.05, 0) is 31.9 Å². The van der Waals surface area contributed by atoms with Crippen LogP contribution in [0.4, 0.5) is 0 Å². The van der Waals surface area contributed by atoms with Gasteiger partial charge in [0.05, 0.1) is 5.56 Å². The molecule has 2 rings (SSSR count). The predicted octanol–water partition coefficient (Wildman–Crippen LogP) is 1.71. The summed E-state index contributed by atoms with van der Waals surface area (Å²) >= 11 is 4.96. The first-order chi connectivity index (χ1) is 9.09. The van der Waals surface area contributed by atoms with E-state index in [0.717, 1.165) is 19.4 Å². The van der Waals surface area contributed by atoms with E-state index in [-0.39, 0.29) is 17.5 Å². The Kier molecular flexibility index (Phi) is 4.37. The molecule has 0 bridgehead atoms. The molecule has 0 spiro atoms. The lowest BCUT2D eigenvalue weighted by atomic mass is 10.2. The number of nitrogens with zero attached hydrogens (tertiary/aromatic N) is 1. The molecule has 4 nitrogen and oxygen atoms in total. The topological polar surface area (TPSA) is 55.6 Å². The zero-order valence-corrected chi connectivity index (χ0v) is 11.8. The lowest BCUT2D eigenvalue weighted by Gasteiger charge is -2.21. The van der Waals surface area contributed by atoms with Gasteiger partial charge in [-0.1, -0.05) is 24.4 Å². The van der Waals surface area contributed by atoms with E-state index >= 15 is 0 Å². The molecule has 1 unspecified atom stereocenters. The summed E-state index contributed by atoms with van der Waals surface area (Å²) in [5, 5.41) is 0. The maximum atomic E-state index is 12.0. The summed E-state index contributed by atoms with van der Waals surface area (Å²) in [5.74, 6) is 0.581. The standard InChI is InChI=1S/C14H18N2O2S/c1-10-5-4-8-16(10)13(17)9-18-12-7-3-2-6-11(12)14(15)19/h2-3,6-7,10H,4-5,8-9H2,1H3,(H2,15,19). The van der Waals surface area contributed by atoms with E-state index < -0.39 is 0 Å². The van der Waals surface area contributed by atoms with Crippen molar-refractivity contribution in [3.05, 3.63) is 29.8 Å². The summed E-state index contributed by atoms with van der Waals surface area (Å²) in [5.41, 5.74) is 6.29. The first-order valence-electron chi connectivity index (χ1n) is 6.40. The predicted molar refractivity (Wildman–Crippen MR) is 78.2 cm³/mol. The maximum absolute atomic E-state index is 12.0. The van der Waals surface area contributed by atoms with E-state index in [1.54, 1.807) is 12.1 Å². The number of ether oxygens (including phenoxy) is 1. The van der Waals surface area contributed by atoms with Gasteiger partial charge < -0.3 is 15.4 Å². The summed E-state index contributed by atoms with van der Waals surface area (Å²) in [6.45, 7) is 2.91. The fraction of sp³-hybridized carbons (Fsp3) is 0.429. The highest BCUT2D eigenvalue weighted by atomic mass is 32.1. The average molecular weight is 278 g/mol. The third-order valence-electron chi connectivity index (χ3n) is 3.38. The van der Waals surface area contributed by atoms with Crippen molar-refractivity contribution in [2.75, 3.05) is 13.2 Å². The molecule has 1 atom stereocenters. The van der Waals surface area contributed by atoms with Crippen LogP contribution in [0.3, 0.4) is 0 Å². The van der Waals surface area contributed by atoms with Crippen LogP contribution in [0.25, 0.3) is 0 Å². The monoisotopic (exact) mass is 278 g/mol. The number of amides is 1. The Hall–Kier alpha value is -1.62. The number of benzene rings is 1. The molecule has 1 saturated heterocycles. The highest BCUT2D eigenvalue weighted by Crippen LogP contribution is 2.19. The minimum absolute atomic E-state index is 0.0164. The van der Waals surface area contributed by atoms with Gasteiger partial charge in [0.1, 0.15) is 10.7 Å². The first-order valence-corrected chi connectivity index (χ1v) is 6.81.